The molecule has 0 aliphatic carbocycles. The molecule has 2 atom stereocenters. The fourth-order valence-electron chi connectivity index (χ4n) is 2.37. The van der Waals surface area contributed by atoms with Crippen LogP contribution in [-0.2, 0) is 9.59 Å². The largest absolute Gasteiger partial charge is 0.343 e. The number of amides is 1. The molecule has 0 bridgehead atoms. The van der Waals surface area contributed by atoms with E-state index in [4.69, 9.17) is 0 Å². The van der Waals surface area contributed by atoms with Crippen LogP contribution in [0, 0.1) is 0 Å². The monoisotopic (exact) mass is 295 g/mol. The molecule has 0 saturated carbocycles. The van der Waals surface area contributed by atoms with Crippen LogP contribution in [0.3, 0.4) is 0 Å². The standard InChI is InChI=1S/C19H21NO2/c1-14(16-9-5-3-6-10-16)13-18(21)19(22)20-15(2)17-11-7-4-8-12-17/h3-12,14-15H,13H2,1-2H3,(H,20,22)/t14-,15-/m0/s1. The third kappa shape index (κ3) is 4.29. The summed E-state index contributed by atoms with van der Waals surface area (Å²) in [6.45, 7) is 3.84. The Balaban J connectivity index is 1.91. The van der Waals surface area contributed by atoms with Crippen LogP contribution in [0.5, 0.6) is 0 Å². The van der Waals surface area contributed by atoms with Gasteiger partial charge in [-0.1, -0.05) is 67.6 Å². The SMILES string of the molecule is C[C@H](NC(=O)C(=O)C[C@H](C)c1ccccc1)c1ccccc1. The molecule has 1 N–H and O–H groups in total. The molecule has 0 aromatic heterocycles. The van der Waals surface area contributed by atoms with Crippen LogP contribution in [-0.4, -0.2) is 11.7 Å². The van der Waals surface area contributed by atoms with Gasteiger partial charge in [0.1, 0.15) is 0 Å². The molecule has 0 spiro atoms. The zero-order valence-electron chi connectivity index (χ0n) is 13.0. The first-order chi connectivity index (χ1) is 10.6. The number of carbonyl (C=O) groups is 2. The molecule has 22 heavy (non-hydrogen) atoms. The van der Waals surface area contributed by atoms with Crippen LogP contribution in [0.4, 0.5) is 0 Å². The van der Waals surface area contributed by atoms with Gasteiger partial charge in [-0.15, -0.1) is 0 Å². The van der Waals surface area contributed by atoms with Gasteiger partial charge in [0, 0.05) is 6.42 Å². The second-order valence-electron chi connectivity index (χ2n) is 5.54. The third-order valence-electron chi connectivity index (χ3n) is 3.76. The molecule has 0 fully saturated rings. The Bertz CT molecular complexity index is 565. The van der Waals surface area contributed by atoms with Crippen molar-refractivity contribution in [3.05, 3.63) is 71.8 Å². The number of hydrogen-bond acceptors (Lipinski definition) is 2. The molecular weight excluding hydrogens is 274 g/mol. The predicted molar refractivity (Wildman–Crippen MR) is 87.5 cm³/mol. The molecule has 3 heteroatoms. The molecule has 0 radical (unpaired) electrons. The van der Waals surface area contributed by atoms with Gasteiger partial charge in [-0.3, -0.25) is 9.59 Å². The van der Waals surface area contributed by atoms with Crippen LogP contribution in [0.1, 0.15) is 43.4 Å². The van der Waals surface area contributed by atoms with Gasteiger partial charge in [-0.25, -0.2) is 0 Å². The van der Waals surface area contributed by atoms with Crippen LogP contribution < -0.4 is 5.32 Å². The molecule has 3 nitrogen and oxygen atoms in total. The summed E-state index contributed by atoms with van der Waals surface area (Å²) in [7, 11) is 0. The highest BCUT2D eigenvalue weighted by Gasteiger charge is 2.20. The van der Waals surface area contributed by atoms with Crippen molar-refractivity contribution in [3.8, 4) is 0 Å². The topological polar surface area (TPSA) is 46.2 Å². The van der Waals surface area contributed by atoms with Crippen molar-refractivity contribution in [1.82, 2.24) is 5.32 Å². The minimum Gasteiger partial charge on any atom is -0.343 e. The molecule has 0 aliphatic rings. The molecule has 2 aromatic carbocycles. The van der Waals surface area contributed by atoms with Crippen LogP contribution in [0.25, 0.3) is 0 Å². The number of rotatable bonds is 6. The second kappa shape index (κ2) is 7.55. The average molecular weight is 295 g/mol. The smallest absolute Gasteiger partial charge is 0.287 e. The van der Waals surface area contributed by atoms with Gasteiger partial charge in [-0.05, 0) is 24.0 Å². The van der Waals surface area contributed by atoms with Crippen molar-refractivity contribution in [3.63, 3.8) is 0 Å². The van der Waals surface area contributed by atoms with E-state index in [1.54, 1.807) is 0 Å². The number of nitrogens with one attached hydrogen (secondary N) is 1. The van der Waals surface area contributed by atoms with Crippen LogP contribution in [0.15, 0.2) is 60.7 Å². The summed E-state index contributed by atoms with van der Waals surface area (Å²) in [4.78, 5) is 24.1. The first kappa shape index (κ1) is 16.0. The lowest BCUT2D eigenvalue weighted by atomic mass is 9.95. The lowest BCUT2D eigenvalue weighted by Crippen LogP contribution is -2.33. The normalized spacial score (nSPS) is 13.2. The van der Waals surface area contributed by atoms with Crippen LogP contribution in [0.2, 0.25) is 0 Å². The maximum Gasteiger partial charge on any atom is 0.287 e. The molecule has 0 saturated heterocycles. The maximum atomic E-state index is 12.1. The highest BCUT2D eigenvalue weighted by atomic mass is 16.2. The fraction of sp³-hybridized carbons (Fsp3) is 0.263. The van der Waals surface area contributed by atoms with E-state index in [0.717, 1.165) is 11.1 Å². The third-order valence-corrected chi connectivity index (χ3v) is 3.76. The van der Waals surface area contributed by atoms with E-state index in [0.29, 0.717) is 0 Å². The van der Waals surface area contributed by atoms with E-state index in [-0.39, 0.29) is 24.2 Å². The highest BCUT2D eigenvalue weighted by Crippen LogP contribution is 2.19. The van der Waals surface area contributed by atoms with E-state index >= 15 is 0 Å². The Morgan fingerprint density at radius 2 is 1.36 bits per heavy atom. The summed E-state index contributed by atoms with van der Waals surface area (Å²) in [5.41, 5.74) is 2.06. The minimum absolute atomic E-state index is 0.0338. The van der Waals surface area contributed by atoms with Crippen molar-refractivity contribution in [2.75, 3.05) is 0 Å². The zero-order valence-corrected chi connectivity index (χ0v) is 13.0. The first-order valence-corrected chi connectivity index (χ1v) is 7.51. The number of ketones is 1. The quantitative estimate of drug-likeness (QED) is 0.827. The molecule has 0 heterocycles. The van der Waals surface area contributed by atoms with Gasteiger partial charge in [0.25, 0.3) is 5.91 Å². The Hall–Kier alpha value is -2.42. The lowest BCUT2D eigenvalue weighted by molar-refractivity contribution is -0.138. The van der Waals surface area contributed by atoms with E-state index < -0.39 is 5.91 Å². The van der Waals surface area contributed by atoms with Crippen molar-refractivity contribution in [2.24, 2.45) is 0 Å². The van der Waals surface area contributed by atoms with E-state index in [9.17, 15) is 9.59 Å². The number of carbonyl (C=O) groups excluding carboxylic acids is 2. The zero-order chi connectivity index (χ0) is 15.9. The van der Waals surface area contributed by atoms with Crippen molar-refractivity contribution in [1.29, 1.82) is 0 Å². The summed E-state index contributed by atoms with van der Waals surface area (Å²) in [5.74, 6) is -0.857. The average Bonchev–Trinajstić information content (AvgIpc) is 2.56. The number of Topliss-reactive ketones (excluding diaryl/α,β-unsaturated/α-hetero) is 1. The van der Waals surface area contributed by atoms with Gasteiger partial charge >= 0.3 is 0 Å². The summed E-state index contributed by atoms with van der Waals surface area (Å²) in [6.07, 6.45) is 0.220. The van der Waals surface area contributed by atoms with E-state index in [2.05, 4.69) is 5.32 Å². The van der Waals surface area contributed by atoms with Crippen LogP contribution >= 0.6 is 0 Å². The molecule has 1 amide bonds. The van der Waals surface area contributed by atoms with Gasteiger partial charge in [-0.2, -0.15) is 0 Å². The summed E-state index contributed by atoms with van der Waals surface area (Å²) < 4.78 is 0. The Morgan fingerprint density at radius 3 is 1.91 bits per heavy atom. The Kier molecular flexibility index (Phi) is 5.48. The molecule has 0 aliphatic heterocycles. The van der Waals surface area contributed by atoms with Gasteiger partial charge in [0.2, 0.25) is 5.78 Å². The van der Waals surface area contributed by atoms with Gasteiger partial charge < -0.3 is 5.32 Å². The highest BCUT2D eigenvalue weighted by molar-refractivity contribution is 6.36. The van der Waals surface area contributed by atoms with E-state index in [1.807, 2.05) is 74.5 Å². The van der Waals surface area contributed by atoms with E-state index in [1.165, 1.54) is 0 Å². The fourth-order valence-corrected chi connectivity index (χ4v) is 2.37. The number of benzene rings is 2. The summed E-state index contributed by atoms with van der Waals surface area (Å²) in [5, 5.41) is 2.76. The molecule has 2 rings (SSSR count). The molecule has 2 aromatic rings. The summed E-state index contributed by atoms with van der Waals surface area (Å²) in [6, 6.07) is 19.2. The molecule has 0 unspecified atom stereocenters. The van der Waals surface area contributed by atoms with Crippen molar-refractivity contribution in [2.45, 2.75) is 32.2 Å². The molecule has 114 valence electrons. The predicted octanol–water partition coefficient (Wildman–Crippen LogP) is 3.63. The summed E-state index contributed by atoms with van der Waals surface area (Å²) >= 11 is 0. The van der Waals surface area contributed by atoms with Gasteiger partial charge in [0.15, 0.2) is 0 Å². The Morgan fingerprint density at radius 1 is 0.864 bits per heavy atom. The van der Waals surface area contributed by atoms with Crippen molar-refractivity contribution >= 4 is 11.7 Å². The minimum atomic E-state index is -0.515. The first-order valence-electron chi connectivity index (χ1n) is 7.51. The van der Waals surface area contributed by atoms with Crippen molar-refractivity contribution < 1.29 is 9.59 Å². The maximum absolute atomic E-state index is 12.1. The molecular formula is C19H21NO2. The van der Waals surface area contributed by atoms with Gasteiger partial charge in [0.05, 0.1) is 6.04 Å². The second-order valence-corrected chi connectivity index (χ2v) is 5.54. The Labute approximate surface area is 131 Å². The lowest BCUT2D eigenvalue weighted by Gasteiger charge is -2.15. The number of hydrogen-bond donors (Lipinski definition) is 1.